The number of carbonyl (C=O) groups excluding carboxylic acids is 1. The van der Waals surface area contributed by atoms with Gasteiger partial charge in [0, 0.05) is 58.4 Å². The molecule has 0 radical (unpaired) electrons. The van der Waals surface area contributed by atoms with E-state index in [-0.39, 0.29) is 19.1 Å². The van der Waals surface area contributed by atoms with Gasteiger partial charge in [0.15, 0.2) is 0 Å². The Hall–Kier alpha value is -1.52. The Morgan fingerprint density at radius 1 is 1.26 bits per heavy atom. The Kier molecular flexibility index (Phi) is 12.5. The highest BCUT2D eigenvalue weighted by atomic mass is 16.5. The van der Waals surface area contributed by atoms with Crippen LogP contribution in [0.25, 0.3) is 0 Å². The normalized spacial score (nSPS) is 24.4. The molecule has 0 aromatic carbocycles. The standard InChI is InChI=1S/C25H46N4O5/c1-6-24-26-19(4)21(27-24)15-28-10-7-8-13-33-17-22(31)25(32)23(34-14-9-18(2)3)16-29(12-11-28)20(5)30/h18,22-23,25,31-32H,6-17H2,1-5H3,(H,26,27)/t22-,23-,25-/m1/s1. The third kappa shape index (κ3) is 9.62. The van der Waals surface area contributed by atoms with Crippen LogP contribution in [0.2, 0.25) is 0 Å². The number of aliphatic hydroxyl groups excluding tert-OH is 2. The monoisotopic (exact) mass is 482 g/mol. The molecule has 1 aromatic heterocycles. The van der Waals surface area contributed by atoms with Crippen LogP contribution >= 0.6 is 0 Å². The summed E-state index contributed by atoms with van der Waals surface area (Å²) < 4.78 is 11.6. The summed E-state index contributed by atoms with van der Waals surface area (Å²) in [5, 5.41) is 21.3. The molecule has 1 aliphatic rings. The van der Waals surface area contributed by atoms with Gasteiger partial charge in [-0.25, -0.2) is 4.98 Å². The fraction of sp³-hybridized carbons (Fsp3) is 0.840. The van der Waals surface area contributed by atoms with Crippen LogP contribution in [0.1, 0.15) is 64.2 Å². The highest BCUT2D eigenvalue weighted by Gasteiger charge is 2.30. The van der Waals surface area contributed by atoms with Gasteiger partial charge in [0.1, 0.15) is 24.1 Å². The summed E-state index contributed by atoms with van der Waals surface area (Å²) in [6, 6.07) is 0. The SMILES string of the molecule is CCc1nc(CN2CCCCOC[C@@H](O)[C@@H](O)[C@H](OCCC(C)C)CN(C(C)=O)CC2)c(C)[nH]1. The van der Waals surface area contributed by atoms with Crippen molar-refractivity contribution in [3.05, 3.63) is 17.2 Å². The number of aromatic amines is 1. The number of nitrogens with zero attached hydrogens (tertiary/aromatic N) is 3. The van der Waals surface area contributed by atoms with Crippen LogP contribution in [0.3, 0.4) is 0 Å². The number of amides is 1. The molecule has 9 nitrogen and oxygen atoms in total. The number of nitrogens with one attached hydrogen (secondary N) is 1. The Morgan fingerprint density at radius 3 is 2.68 bits per heavy atom. The second-order valence-electron chi connectivity index (χ2n) is 9.78. The molecule has 1 amide bonds. The van der Waals surface area contributed by atoms with Gasteiger partial charge >= 0.3 is 0 Å². The highest BCUT2D eigenvalue weighted by molar-refractivity contribution is 5.73. The van der Waals surface area contributed by atoms with Crippen molar-refractivity contribution in [2.24, 2.45) is 5.92 Å². The Balaban J connectivity index is 2.14. The van der Waals surface area contributed by atoms with Gasteiger partial charge in [0.05, 0.1) is 12.3 Å². The molecule has 0 bridgehead atoms. The average molecular weight is 483 g/mol. The molecule has 0 saturated carbocycles. The summed E-state index contributed by atoms with van der Waals surface area (Å²) >= 11 is 0. The van der Waals surface area contributed by atoms with Crippen molar-refractivity contribution in [1.29, 1.82) is 0 Å². The van der Waals surface area contributed by atoms with Crippen molar-refractivity contribution >= 4 is 5.91 Å². The number of hydrogen-bond donors (Lipinski definition) is 3. The molecule has 196 valence electrons. The molecule has 34 heavy (non-hydrogen) atoms. The van der Waals surface area contributed by atoms with E-state index in [1.807, 2.05) is 6.92 Å². The van der Waals surface area contributed by atoms with Crippen molar-refractivity contribution in [1.82, 2.24) is 19.8 Å². The van der Waals surface area contributed by atoms with Crippen molar-refractivity contribution in [2.45, 2.75) is 85.2 Å². The van der Waals surface area contributed by atoms with Crippen molar-refractivity contribution in [3.8, 4) is 0 Å². The van der Waals surface area contributed by atoms with Gasteiger partial charge in [0.25, 0.3) is 0 Å². The summed E-state index contributed by atoms with van der Waals surface area (Å²) in [6.45, 7) is 13.9. The molecule has 0 unspecified atom stereocenters. The van der Waals surface area contributed by atoms with Gasteiger partial charge in [-0.05, 0) is 38.6 Å². The first-order valence-electron chi connectivity index (χ1n) is 12.8. The van der Waals surface area contributed by atoms with Gasteiger partial charge in [-0.15, -0.1) is 0 Å². The van der Waals surface area contributed by atoms with Crippen molar-refractivity contribution in [3.63, 3.8) is 0 Å². The molecule has 1 aromatic rings. The fourth-order valence-corrected chi connectivity index (χ4v) is 4.03. The zero-order valence-corrected chi connectivity index (χ0v) is 21.8. The second-order valence-corrected chi connectivity index (χ2v) is 9.78. The molecule has 1 aliphatic heterocycles. The van der Waals surface area contributed by atoms with Crippen LogP contribution in [0.4, 0.5) is 0 Å². The molecular weight excluding hydrogens is 436 g/mol. The molecular formula is C25H46N4O5. The predicted octanol–water partition coefficient (Wildman–Crippen LogP) is 1.89. The summed E-state index contributed by atoms with van der Waals surface area (Å²) in [4.78, 5) is 24.6. The maximum Gasteiger partial charge on any atom is 0.219 e. The lowest BCUT2D eigenvalue weighted by molar-refractivity contribution is -0.140. The molecule has 1 saturated heterocycles. The predicted molar refractivity (Wildman–Crippen MR) is 131 cm³/mol. The van der Waals surface area contributed by atoms with E-state index in [1.54, 1.807) is 4.90 Å². The number of aromatic nitrogens is 2. The first-order valence-corrected chi connectivity index (χ1v) is 12.8. The first kappa shape index (κ1) is 28.7. The lowest BCUT2D eigenvalue weighted by Crippen LogP contribution is -2.50. The van der Waals surface area contributed by atoms with Crippen LogP contribution in [-0.4, -0.2) is 100 Å². The molecule has 0 aliphatic carbocycles. The minimum atomic E-state index is -1.13. The number of aryl methyl sites for hydroxylation is 2. The number of carbonyl (C=O) groups is 1. The van der Waals surface area contributed by atoms with Gasteiger partial charge < -0.3 is 29.6 Å². The molecule has 0 spiro atoms. The average Bonchev–Trinajstić information content (AvgIpc) is 3.14. The fourth-order valence-electron chi connectivity index (χ4n) is 4.03. The van der Waals surface area contributed by atoms with E-state index < -0.39 is 18.3 Å². The van der Waals surface area contributed by atoms with Crippen LogP contribution in [0.15, 0.2) is 0 Å². The van der Waals surface area contributed by atoms with E-state index in [1.165, 1.54) is 6.92 Å². The van der Waals surface area contributed by atoms with E-state index in [4.69, 9.17) is 14.5 Å². The lowest BCUT2D eigenvalue weighted by Gasteiger charge is -2.33. The number of hydrogen-bond acceptors (Lipinski definition) is 7. The lowest BCUT2D eigenvalue weighted by atomic mass is 10.1. The molecule has 3 atom stereocenters. The second kappa shape index (κ2) is 14.8. The van der Waals surface area contributed by atoms with E-state index >= 15 is 0 Å². The number of ether oxygens (including phenoxy) is 2. The minimum Gasteiger partial charge on any atom is -0.388 e. The number of imidazole rings is 1. The Morgan fingerprint density at radius 2 is 2.03 bits per heavy atom. The number of aliphatic hydroxyl groups is 2. The number of rotatable bonds is 7. The topological polar surface area (TPSA) is 111 Å². The van der Waals surface area contributed by atoms with Gasteiger partial charge in [-0.1, -0.05) is 20.8 Å². The summed E-state index contributed by atoms with van der Waals surface area (Å²) in [7, 11) is 0. The molecule has 1 fully saturated rings. The van der Waals surface area contributed by atoms with Gasteiger partial charge in [0.2, 0.25) is 5.91 Å². The van der Waals surface area contributed by atoms with E-state index in [2.05, 4.69) is 30.7 Å². The summed E-state index contributed by atoms with van der Waals surface area (Å²) in [5.41, 5.74) is 2.12. The molecule has 2 rings (SSSR count). The van der Waals surface area contributed by atoms with Crippen LogP contribution < -0.4 is 0 Å². The van der Waals surface area contributed by atoms with E-state index in [0.29, 0.717) is 38.8 Å². The quantitative estimate of drug-likeness (QED) is 0.544. The van der Waals surface area contributed by atoms with Gasteiger partial charge in [-0.2, -0.15) is 0 Å². The van der Waals surface area contributed by atoms with E-state index in [0.717, 1.165) is 49.4 Å². The first-order chi connectivity index (χ1) is 16.2. The Labute approximate surface area is 204 Å². The van der Waals surface area contributed by atoms with E-state index in [9.17, 15) is 15.0 Å². The van der Waals surface area contributed by atoms with Crippen molar-refractivity contribution < 1.29 is 24.5 Å². The largest absolute Gasteiger partial charge is 0.388 e. The summed E-state index contributed by atoms with van der Waals surface area (Å²) in [5.74, 6) is 1.37. The minimum absolute atomic E-state index is 0.0429. The zero-order valence-electron chi connectivity index (χ0n) is 21.8. The number of H-pyrrole nitrogens is 1. The third-order valence-corrected chi connectivity index (χ3v) is 6.38. The molecule has 3 N–H and O–H groups in total. The molecule has 9 heteroatoms. The van der Waals surface area contributed by atoms with Crippen LogP contribution in [0.5, 0.6) is 0 Å². The maximum absolute atomic E-state index is 12.5. The van der Waals surface area contributed by atoms with Gasteiger partial charge in [-0.3, -0.25) is 9.69 Å². The highest BCUT2D eigenvalue weighted by Crippen LogP contribution is 2.14. The van der Waals surface area contributed by atoms with Crippen molar-refractivity contribution in [2.75, 3.05) is 46.0 Å². The van der Waals surface area contributed by atoms with Crippen LogP contribution in [-0.2, 0) is 27.2 Å². The Bertz CT molecular complexity index is 726. The zero-order chi connectivity index (χ0) is 25.1. The molecule has 2 heterocycles. The smallest absolute Gasteiger partial charge is 0.219 e. The maximum atomic E-state index is 12.5. The van der Waals surface area contributed by atoms with Crippen LogP contribution in [0, 0.1) is 12.8 Å². The third-order valence-electron chi connectivity index (χ3n) is 6.38. The summed E-state index contributed by atoms with van der Waals surface area (Å²) in [6.07, 6.45) is 0.612.